The van der Waals surface area contributed by atoms with Crippen LogP contribution >= 0.6 is 0 Å². The number of hydrogen-bond acceptors (Lipinski definition) is 0. The molecule has 0 radical (unpaired) electrons. The molecule has 0 aromatic heterocycles. The fraction of sp³-hybridized carbons (Fsp3) is 1.00. The highest BCUT2D eigenvalue weighted by atomic mass is 14.6. The van der Waals surface area contributed by atoms with Crippen molar-refractivity contribution in [2.75, 3.05) is 0 Å². The second-order valence-electron chi connectivity index (χ2n) is 36.0. The Hall–Kier alpha value is 0. The van der Waals surface area contributed by atoms with Gasteiger partial charge in [-0.25, -0.2) is 0 Å². The summed E-state index contributed by atoms with van der Waals surface area (Å²) in [5.74, 6) is 20.4. The first-order valence-corrected chi connectivity index (χ1v) is 37.7. The summed E-state index contributed by atoms with van der Waals surface area (Å²) in [5.41, 5.74) is 3.22. The Morgan fingerprint density at radius 1 is 0.338 bits per heavy atom. The van der Waals surface area contributed by atoms with Crippen LogP contribution in [0, 0.1) is 140 Å². The second kappa shape index (κ2) is 31.3. The molecule has 0 nitrogen and oxygen atoms in total. The molecule has 0 saturated heterocycles. The van der Waals surface area contributed by atoms with Gasteiger partial charge < -0.3 is 0 Å². The summed E-state index contributed by atoms with van der Waals surface area (Å²) < 4.78 is 0. The molecule has 0 aliphatic heterocycles. The standard InChI is InChI=1S/C11H22.C10H18.3C9H16.C9H18.C8H14.C8H16.C7H14/c1-9-10(2,3)7-6-8-11(9,4)5;1-7-8-4-5-9(6-8)10(7,2)3;1-7-5-8-3-4-9(7,2)6-8;1-6-7(2)9-4-3-8(6)5-9;1-2-8-5-7-3-4-9(8)6-7;1-8-6-4-5-7-9(8,2)3;1-6-4-7-2-3-8(6)5-7;1-2-8-6-4-3-5-7-8;1-2-7-5-3-4-6-7/h9H,6-8H2,1-5H3;7-9H,4-6H2,1-3H3;7-8H,3-6H2,1-2H3;6-9H,3-5H2,1-2H3;7-9H,2-6H2,1H3;8H,4-7H2,1-3H3;6-8H,2-5H2,1H3;8H,2-7H2,1H3;7H,2-6H2,1H3/t;2*7-,8?,9?;6-,7?,8?,9?;;8-;6-,7?,8?;;/m.100.10../s1. The summed E-state index contributed by atoms with van der Waals surface area (Å²) in [6, 6.07) is 0. The van der Waals surface area contributed by atoms with Crippen molar-refractivity contribution in [1.29, 1.82) is 0 Å². The van der Waals surface area contributed by atoms with Gasteiger partial charge in [0.2, 0.25) is 0 Å². The van der Waals surface area contributed by atoms with E-state index in [0.717, 1.165) is 118 Å². The maximum atomic E-state index is 2.48. The van der Waals surface area contributed by atoms with Gasteiger partial charge in [0.15, 0.2) is 0 Å². The van der Waals surface area contributed by atoms with Crippen molar-refractivity contribution >= 4 is 0 Å². The Morgan fingerprint density at radius 2 is 0.838 bits per heavy atom. The van der Waals surface area contributed by atoms with E-state index in [1.54, 1.807) is 57.8 Å². The van der Waals surface area contributed by atoms with Crippen LogP contribution in [0.1, 0.15) is 369 Å². The molecule has 0 aromatic rings. The molecule has 0 amide bonds. The highest BCUT2D eigenvalue weighted by Gasteiger charge is 2.50. The molecule has 17 atom stereocenters. The molecular formula is C80H150. The maximum absolute atomic E-state index is 2.48. The van der Waals surface area contributed by atoms with Crippen LogP contribution in [0.2, 0.25) is 0 Å². The lowest BCUT2D eigenvalue weighted by Crippen LogP contribution is -2.38. The zero-order valence-electron chi connectivity index (χ0n) is 58.6. The zero-order chi connectivity index (χ0) is 58.6. The lowest BCUT2D eigenvalue weighted by molar-refractivity contribution is 0.0286. The maximum Gasteiger partial charge on any atom is -0.0297 e. The van der Waals surface area contributed by atoms with Gasteiger partial charge in [-0.15, -0.1) is 0 Å². The van der Waals surface area contributed by atoms with Crippen molar-refractivity contribution in [3.8, 4) is 0 Å². The van der Waals surface area contributed by atoms with E-state index in [4.69, 9.17) is 0 Å². The average molecular weight is 1110 g/mol. The van der Waals surface area contributed by atoms with E-state index in [2.05, 4.69) is 132 Å². The minimum absolute atomic E-state index is 0.571. The van der Waals surface area contributed by atoms with E-state index in [9.17, 15) is 0 Å². The Bertz CT molecular complexity index is 1650. The minimum atomic E-state index is 0.571. The van der Waals surface area contributed by atoms with Crippen molar-refractivity contribution in [3.63, 3.8) is 0 Å². The van der Waals surface area contributed by atoms with Crippen LogP contribution in [-0.2, 0) is 0 Å². The van der Waals surface area contributed by atoms with Crippen LogP contribution in [0.4, 0.5) is 0 Å². The molecular weight excluding hydrogens is 961 g/mol. The van der Waals surface area contributed by atoms with E-state index in [-0.39, 0.29) is 0 Å². The highest BCUT2D eigenvalue weighted by molar-refractivity contribution is 5.00. The Labute approximate surface area is 506 Å². The molecule has 10 bridgehead atoms. The second-order valence-corrected chi connectivity index (χ2v) is 36.0. The summed E-state index contributed by atoms with van der Waals surface area (Å²) in [4.78, 5) is 0. The number of fused-ring (bicyclic) bond motifs is 10. The number of rotatable bonds is 3. The van der Waals surface area contributed by atoms with Crippen LogP contribution in [0.15, 0.2) is 0 Å². The number of hydrogen-bond donors (Lipinski definition) is 0. The first-order valence-electron chi connectivity index (χ1n) is 37.7. The molecule has 14 saturated carbocycles. The lowest BCUT2D eigenvalue weighted by atomic mass is 9.58. The predicted octanol–water partition coefficient (Wildman–Crippen LogP) is 26.5. The Morgan fingerprint density at radius 3 is 1.10 bits per heavy atom. The molecule has 14 aliphatic carbocycles. The largest absolute Gasteiger partial charge is 0.0651 e. The molecule has 14 fully saturated rings. The summed E-state index contributed by atoms with van der Waals surface area (Å²) in [6.07, 6.45) is 55.7. The molecule has 80 heavy (non-hydrogen) atoms. The molecule has 14 rings (SSSR count). The summed E-state index contributed by atoms with van der Waals surface area (Å²) in [6.45, 7) is 45.8. The first-order chi connectivity index (χ1) is 37.7. The molecule has 0 heteroatoms. The monoisotopic (exact) mass is 1110 g/mol. The molecule has 0 aromatic carbocycles. The van der Waals surface area contributed by atoms with Crippen molar-refractivity contribution in [2.45, 2.75) is 369 Å². The van der Waals surface area contributed by atoms with Crippen LogP contribution in [-0.4, -0.2) is 0 Å². The van der Waals surface area contributed by atoms with Crippen LogP contribution < -0.4 is 0 Å². The van der Waals surface area contributed by atoms with Gasteiger partial charge in [0, 0.05) is 0 Å². The minimum Gasteiger partial charge on any atom is -0.0651 e. The summed E-state index contributed by atoms with van der Waals surface area (Å²) >= 11 is 0. The van der Waals surface area contributed by atoms with E-state index >= 15 is 0 Å². The highest BCUT2D eigenvalue weighted by Crippen LogP contribution is 2.60. The van der Waals surface area contributed by atoms with Gasteiger partial charge in [-0.2, -0.15) is 0 Å². The third-order valence-corrected chi connectivity index (χ3v) is 29.9. The molecule has 0 N–H and O–H groups in total. The van der Waals surface area contributed by atoms with Crippen molar-refractivity contribution < 1.29 is 0 Å². The van der Waals surface area contributed by atoms with Crippen molar-refractivity contribution in [2.24, 2.45) is 140 Å². The van der Waals surface area contributed by atoms with E-state index < -0.39 is 0 Å². The van der Waals surface area contributed by atoms with Crippen LogP contribution in [0.3, 0.4) is 0 Å². The third kappa shape index (κ3) is 19.0. The SMILES string of the molecule is CC1C(C)(C)CCCC1(C)C.CC1C2CCC(C2)[C@H]1C.CCC1CC2CCC1C2.CCC1CCCC1.CCC1CCCCC1.C[C@@H]1C2CCC(C2)C1(C)C.C[C@@H]1CCCCC1(C)C.C[C@H]1CC2CCC1(C)C2.C[C@H]1CC2CCC1C2. The van der Waals surface area contributed by atoms with Crippen molar-refractivity contribution in [3.05, 3.63) is 0 Å². The smallest absolute Gasteiger partial charge is 0.0297 e. The molecule has 14 aliphatic rings. The fourth-order valence-corrected chi connectivity index (χ4v) is 21.4. The first kappa shape index (κ1) is 69.1. The quantitative estimate of drug-likeness (QED) is 0.264. The van der Waals surface area contributed by atoms with E-state index in [0.29, 0.717) is 21.7 Å². The molecule has 0 heterocycles. The van der Waals surface area contributed by atoms with Gasteiger partial charge in [0.25, 0.3) is 0 Å². The summed E-state index contributed by atoms with van der Waals surface area (Å²) in [5, 5.41) is 0. The zero-order valence-corrected chi connectivity index (χ0v) is 58.6. The summed E-state index contributed by atoms with van der Waals surface area (Å²) in [7, 11) is 0. The van der Waals surface area contributed by atoms with Gasteiger partial charge in [-0.1, -0.05) is 247 Å². The molecule has 470 valence electrons. The Balaban J connectivity index is 0.000000145. The van der Waals surface area contributed by atoms with Gasteiger partial charge in [0.05, 0.1) is 0 Å². The van der Waals surface area contributed by atoms with Crippen LogP contribution in [0.5, 0.6) is 0 Å². The average Bonchev–Trinajstić information content (AvgIpc) is 4.37. The van der Waals surface area contributed by atoms with Crippen LogP contribution in [0.25, 0.3) is 0 Å². The van der Waals surface area contributed by atoms with Gasteiger partial charge >= 0.3 is 0 Å². The van der Waals surface area contributed by atoms with Gasteiger partial charge in [-0.3, -0.25) is 0 Å². The van der Waals surface area contributed by atoms with Gasteiger partial charge in [0.1, 0.15) is 0 Å². The normalized spacial score (nSPS) is 42.2. The van der Waals surface area contributed by atoms with Gasteiger partial charge in [-0.05, 0) is 262 Å². The van der Waals surface area contributed by atoms with E-state index in [1.165, 1.54) is 180 Å². The third-order valence-electron chi connectivity index (χ3n) is 29.9. The lowest BCUT2D eigenvalue weighted by Gasteiger charge is -2.47. The topological polar surface area (TPSA) is 0 Å². The Kier molecular flexibility index (Phi) is 27.0. The predicted molar refractivity (Wildman–Crippen MR) is 357 cm³/mol. The van der Waals surface area contributed by atoms with Crippen molar-refractivity contribution in [1.82, 2.24) is 0 Å². The molecule has 0 spiro atoms. The molecule has 12 unspecified atom stereocenters. The van der Waals surface area contributed by atoms with E-state index in [1.807, 2.05) is 0 Å². The fourth-order valence-electron chi connectivity index (χ4n) is 21.4.